The Labute approximate surface area is 126 Å². The zero-order chi connectivity index (χ0) is 13.6. The van der Waals surface area contributed by atoms with E-state index in [0.717, 1.165) is 0 Å². The molecule has 8 nitrogen and oxygen atoms in total. The Morgan fingerprint density at radius 2 is 1.17 bits per heavy atom. The molecule has 0 aliphatic carbocycles. The van der Waals surface area contributed by atoms with Gasteiger partial charge in [-0.3, -0.25) is 9.11 Å². The summed E-state index contributed by atoms with van der Waals surface area (Å²) in [6, 6.07) is 5.48. The summed E-state index contributed by atoms with van der Waals surface area (Å²) in [5.74, 6) is -2.46. The van der Waals surface area contributed by atoms with E-state index in [1.807, 2.05) is 0 Å². The Balaban J connectivity index is -0.000000320. The van der Waals surface area contributed by atoms with Crippen LogP contribution in [-0.2, 0) is 10.4 Å². The van der Waals surface area contributed by atoms with Crippen LogP contribution in [0.1, 0.15) is 22.1 Å². The van der Waals surface area contributed by atoms with E-state index < -0.39 is 22.3 Å². The predicted octanol–water partition coefficient (Wildman–Crippen LogP) is -2.45. The van der Waals surface area contributed by atoms with Crippen molar-refractivity contribution in [1.29, 1.82) is 0 Å². The molecule has 0 aliphatic heterocycles. The zero-order valence-corrected chi connectivity index (χ0v) is 12.0. The Morgan fingerprint density at radius 1 is 0.944 bits per heavy atom. The molecule has 0 saturated carbocycles. The molecule has 18 heavy (non-hydrogen) atoms. The minimum absolute atomic E-state index is 0. The average molecular weight is 288 g/mol. The molecule has 0 fully saturated rings. The number of hydrogen-bond donors (Lipinski definition) is 4. The molecule has 1 aromatic rings. The molecule has 0 amide bonds. The van der Waals surface area contributed by atoms with E-state index in [-0.39, 0.29) is 42.1 Å². The molecule has 0 atom stereocenters. The van der Waals surface area contributed by atoms with Crippen molar-refractivity contribution in [2.45, 2.75) is 0 Å². The Morgan fingerprint density at radius 3 is 1.33 bits per heavy atom. The van der Waals surface area contributed by atoms with Crippen LogP contribution < -0.4 is 29.6 Å². The van der Waals surface area contributed by atoms with Gasteiger partial charge in [0.2, 0.25) is 0 Å². The van der Waals surface area contributed by atoms with Crippen LogP contribution in [0.3, 0.4) is 0 Å². The zero-order valence-electron chi connectivity index (χ0n) is 10.1. The van der Waals surface area contributed by atoms with Crippen LogP contribution in [0.2, 0.25) is 0 Å². The van der Waals surface area contributed by atoms with Crippen molar-refractivity contribution in [3.63, 3.8) is 0 Å². The van der Waals surface area contributed by atoms with Crippen molar-refractivity contribution >= 4 is 22.3 Å². The van der Waals surface area contributed by atoms with Gasteiger partial charge in [0.1, 0.15) is 0 Å². The van der Waals surface area contributed by atoms with Crippen LogP contribution in [0.15, 0.2) is 24.3 Å². The monoisotopic (exact) mass is 288 g/mol. The number of carboxylic acids is 2. The molecule has 0 aliphatic rings. The van der Waals surface area contributed by atoms with E-state index in [1.54, 1.807) is 0 Å². The average Bonchev–Trinajstić information content (AvgIpc) is 2.15. The summed E-state index contributed by atoms with van der Waals surface area (Å²) in [5.41, 5.74) is -0.380. The van der Waals surface area contributed by atoms with Crippen LogP contribution in [-0.4, -0.2) is 39.7 Å². The molecule has 0 heterocycles. The molecule has 96 valence electrons. The number of hydrogen-bond acceptors (Lipinski definition) is 4. The molecule has 0 spiro atoms. The van der Waals surface area contributed by atoms with Gasteiger partial charge in [-0.25, -0.2) is 9.59 Å². The van der Waals surface area contributed by atoms with Gasteiger partial charge in [-0.2, -0.15) is 8.42 Å². The quantitative estimate of drug-likeness (QED) is 0.346. The van der Waals surface area contributed by atoms with Gasteiger partial charge in [-0.1, -0.05) is 12.1 Å². The van der Waals surface area contributed by atoms with Crippen molar-refractivity contribution in [3.8, 4) is 0 Å². The second-order valence-electron chi connectivity index (χ2n) is 2.60. The topological polar surface area (TPSA) is 149 Å². The van der Waals surface area contributed by atoms with Crippen molar-refractivity contribution < 1.29 is 68.3 Å². The van der Waals surface area contributed by atoms with Crippen molar-refractivity contribution in [2.75, 3.05) is 0 Å². The number of benzene rings is 1. The molecule has 0 unspecified atom stereocenters. The molecular weight excluding hydrogens is 279 g/mol. The van der Waals surface area contributed by atoms with E-state index in [1.165, 1.54) is 24.3 Å². The predicted molar refractivity (Wildman–Crippen MR) is 55.7 cm³/mol. The molecule has 0 radical (unpaired) electrons. The second kappa shape index (κ2) is 8.19. The Kier molecular flexibility index (Phi) is 8.81. The van der Waals surface area contributed by atoms with Crippen LogP contribution >= 0.6 is 0 Å². The van der Waals surface area contributed by atoms with E-state index >= 15 is 0 Å². The normalized spacial score (nSPS) is 9.44. The fourth-order valence-electron chi connectivity index (χ4n) is 0.856. The number of carboxylic acid groups (broad SMARTS) is 2. The minimum atomic E-state index is -4.67. The number of rotatable bonds is 2. The third-order valence-corrected chi connectivity index (χ3v) is 1.39. The molecule has 0 aromatic heterocycles. The second-order valence-corrected chi connectivity index (χ2v) is 3.50. The molecule has 4 N–H and O–H groups in total. The van der Waals surface area contributed by atoms with Crippen molar-refractivity contribution in [1.82, 2.24) is 0 Å². The molecule has 0 bridgehead atoms. The maximum Gasteiger partial charge on any atom is 1.00 e. The van der Waals surface area contributed by atoms with Gasteiger partial charge in [-0.05, 0) is 12.1 Å². The summed E-state index contributed by atoms with van der Waals surface area (Å²) in [4.78, 5) is 20.9. The minimum Gasteiger partial charge on any atom is -1.00 e. The van der Waals surface area contributed by atoms with Gasteiger partial charge in [-0.15, -0.1) is 0 Å². The van der Waals surface area contributed by atoms with Gasteiger partial charge in [0.15, 0.2) is 0 Å². The maximum absolute atomic E-state index is 10.5. The van der Waals surface area contributed by atoms with Crippen LogP contribution in [0.25, 0.3) is 0 Å². The molecule has 0 saturated heterocycles. The van der Waals surface area contributed by atoms with Crippen LogP contribution in [0.4, 0.5) is 0 Å². The maximum atomic E-state index is 10.5. The fourth-order valence-corrected chi connectivity index (χ4v) is 0.856. The Hall–Kier alpha value is -0.970. The van der Waals surface area contributed by atoms with Gasteiger partial charge >= 0.3 is 51.9 Å². The summed E-state index contributed by atoms with van der Waals surface area (Å²) >= 11 is 0. The first-order chi connectivity index (χ1) is 7.63. The summed E-state index contributed by atoms with van der Waals surface area (Å²) < 4.78 is 31.6. The molecular formula is C8H9NaO8S. The SMILES string of the molecule is O=C(O)c1ccccc1C(=O)O.O=S(=O)(O)O.[H-].[Na+]. The van der Waals surface area contributed by atoms with E-state index in [2.05, 4.69) is 0 Å². The van der Waals surface area contributed by atoms with E-state index in [9.17, 15) is 9.59 Å². The Bertz CT molecular complexity index is 488. The smallest absolute Gasteiger partial charge is 1.00 e. The number of aromatic carboxylic acids is 2. The van der Waals surface area contributed by atoms with Crippen molar-refractivity contribution in [2.24, 2.45) is 0 Å². The summed E-state index contributed by atoms with van der Waals surface area (Å²) in [5, 5.41) is 17.1. The first-order valence-corrected chi connectivity index (χ1v) is 5.28. The molecule has 1 aromatic carbocycles. The van der Waals surface area contributed by atoms with E-state index in [4.69, 9.17) is 27.7 Å². The van der Waals surface area contributed by atoms with Gasteiger partial charge in [0.05, 0.1) is 11.1 Å². The molecule has 10 heteroatoms. The largest absolute Gasteiger partial charge is 1.00 e. The van der Waals surface area contributed by atoms with Crippen LogP contribution in [0.5, 0.6) is 0 Å². The first-order valence-electron chi connectivity index (χ1n) is 3.88. The summed E-state index contributed by atoms with van der Waals surface area (Å²) in [6.45, 7) is 0. The summed E-state index contributed by atoms with van der Waals surface area (Å²) in [7, 11) is -4.67. The van der Waals surface area contributed by atoms with Crippen LogP contribution in [0, 0.1) is 0 Å². The number of carbonyl (C=O) groups is 2. The van der Waals surface area contributed by atoms with Gasteiger partial charge < -0.3 is 11.6 Å². The van der Waals surface area contributed by atoms with Gasteiger partial charge in [0.25, 0.3) is 0 Å². The van der Waals surface area contributed by atoms with Crippen molar-refractivity contribution in [3.05, 3.63) is 35.4 Å². The summed E-state index contributed by atoms with van der Waals surface area (Å²) in [6.07, 6.45) is 0. The first kappa shape index (κ1) is 19.4. The third kappa shape index (κ3) is 9.10. The third-order valence-electron chi connectivity index (χ3n) is 1.39. The standard InChI is InChI=1S/C8H6O4.Na.H2O4S.H/c9-7(10)5-3-1-2-4-6(5)8(11)12;;1-5(2,3)4;/h1-4H,(H,9,10)(H,11,12);;(H2,1,2,3,4);/q;+1;;-1. The molecule has 1 rings (SSSR count). The van der Waals surface area contributed by atoms with E-state index in [0.29, 0.717) is 0 Å². The van der Waals surface area contributed by atoms with Gasteiger partial charge in [0, 0.05) is 0 Å². The fraction of sp³-hybridized carbons (Fsp3) is 0.